The lowest BCUT2D eigenvalue weighted by molar-refractivity contribution is 0.0998. The molecule has 4 nitrogen and oxygen atoms in total. The Hall–Kier alpha value is -3.14. The monoisotopic (exact) mass is 302 g/mol. The van der Waals surface area contributed by atoms with E-state index < -0.39 is 0 Å². The third kappa shape index (κ3) is 2.34. The third-order valence-electron chi connectivity index (χ3n) is 3.90. The number of aryl methyl sites for hydroxylation is 1. The van der Waals surface area contributed by atoms with Crippen molar-refractivity contribution in [3.63, 3.8) is 0 Å². The average molecular weight is 302 g/mol. The maximum Gasteiger partial charge on any atom is 0.291 e. The van der Waals surface area contributed by atoms with Crippen LogP contribution in [0.1, 0.15) is 16.1 Å². The summed E-state index contributed by atoms with van der Waals surface area (Å²) in [5.74, 6) is 0.0649. The van der Waals surface area contributed by atoms with Crippen molar-refractivity contribution in [2.45, 2.75) is 6.92 Å². The molecular weight excluding hydrogens is 288 g/mol. The lowest BCUT2D eigenvalue weighted by atomic mass is 10.1. The van der Waals surface area contributed by atoms with E-state index in [9.17, 15) is 4.79 Å². The first-order valence-electron chi connectivity index (χ1n) is 7.36. The van der Waals surface area contributed by atoms with Crippen molar-refractivity contribution >= 4 is 33.5 Å². The molecule has 23 heavy (non-hydrogen) atoms. The van der Waals surface area contributed by atoms with Gasteiger partial charge in [0.15, 0.2) is 5.76 Å². The molecule has 0 spiro atoms. The number of amides is 1. The lowest BCUT2D eigenvalue weighted by Crippen LogP contribution is -2.12. The zero-order valence-corrected chi connectivity index (χ0v) is 12.5. The van der Waals surface area contributed by atoms with Gasteiger partial charge in [-0.1, -0.05) is 36.4 Å². The van der Waals surface area contributed by atoms with Gasteiger partial charge in [0.25, 0.3) is 5.91 Å². The van der Waals surface area contributed by atoms with E-state index in [-0.39, 0.29) is 5.91 Å². The predicted molar refractivity (Wildman–Crippen MR) is 90.6 cm³/mol. The first-order chi connectivity index (χ1) is 11.2. The normalized spacial score (nSPS) is 11.0. The summed E-state index contributed by atoms with van der Waals surface area (Å²) in [5, 5.41) is 4.79. The van der Waals surface area contributed by atoms with Crippen molar-refractivity contribution < 1.29 is 9.21 Å². The minimum absolute atomic E-state index is 0.268. The van der Waals surface area contributed by atoms with Crippen LogP contribution in [0.25, 0.3) is 21.9 Å². The summed E-state index contributed by atoms with van der Waals surface area (Å²) in [6.07, 6.45) is 1.65. The highest BCUT2D eigenvalue weighted by Gasteiger charge is 2.17. The van der Waals surface area contributed by atoms with Crippen LogP contribution < -0.4 is 5.32 Å². The number of anilines is 1. The zero-order chi connectivity index (χ0) is 15.8. The van der Waals surface area contributed by atoms with E-state index in [4.69, 9.17) is 4.42 Å². The molecule has 0 aliphatic rings. The molecule has 0 radical (unpaired) electrons. The number of fused-ring (bicyclic) bond motifs is 2. The molecule has 0 saturated carbocycles. The molecule has 0 bridgehead atoms. The molecule has 112 valence electrons. The number of hydrogen-bond acceptors (Lipinski definition) is 3. The van der Waals surface area contributed by atoms with Gasteiger partial charge in [0.05, 0.1) is 17.4 Å². The second-order valence-electron chi connectivity index (χ2n) is 5.42. The van der Waals surface area contributed by atoms with Gasteiger partial charge in [0.2, 0.25) is 0 Å². The van der Waals surface area contributed by atoms with Gasteiger partial charge in [-0.25, -0.2) is 0 Å². The highest BCUT2D eigenvalue weighted by atomic mass is 16.3. The maximum atomic E-state index is 12.5. The minimum atomic E-state index is -0.268. The maximum absolute atomic E-state index is 12.5. The number of aromatic nitrogens is 1. The first-order valence-corrected chi connectivity index (χ1v) is 7.36. The van der Waals surface area contributed by atoms with Crippen molar-refractivity contribution in [1.82, 2.24) is 4.98 Å². The number of rotatable bonds is 2. The van der Waals surface area contributed by atoms with Crippen molar-refractivity contribution in [3.05, 3.63) is 72.1 Å². The van der Waals surface area contributed by atoms with Gasteiger partial charge in [-0.3, -0.25) is 9.78 Å². The number of para-hydroxylation sites is 2. The summed E-state index contributed by atoms with van der Waals surface area (Å²) in [4.78, 5) is 16.9. The molecule has 2 aromatic carbocycles. The van der Waals surface area contributed by atoms with Gasteiger partial charge in [0, 0.05) is 16.3 Å². The Labute approximate surface area is 132 Å². The third-order valence-corrected chi connectivity index (χ3v) is 3.90. The van der Waals surface area contributed by atoms with Crippen molar-refractivity contribution in [3.8, 4) is 0 Å². The number of benzene rings is 2. The molecule has 0 aliphatic heterocycles. The molecule has 2 aromatic heterocycles. The van der Waals surface area contributed by atoms with Crippen LogP contribution >= 0.6 is 0 Å². The first kappa shape index (κ1) is 13.5. The molecule has 1 amide bonds. The minimum Gasteiger partial charge on any atom is -0.451 e. The SMILES string of the molecule is Cc1c(C(=O)Nc2cnc3ccccc3c2)oc2ccccc12. The lowest BCUT2D eigenvalue weighted by Gasteiger charge is -2.05. The van der Waals surface area contributed by atoms with E-state index in [0.29, 0.717) is 17.0 Å². The molecule has 0 atom stereocenters. The fourth-order valence-electron chi connectivity index (χ4n) is 2.72. The molecule has 0 aliphatic carbocycles. The Kier molecular flexibility index (Phi) is 3.08. The van der Waals surface area contributed by atoms with E-state index in [0.717, 1.165) is 21.9 Å². The fourth-order valence-corrected chi connectivity index (χ4v) is 2.72. The summed E-state index contributed by atoms with van der Waals surface area (Å²) >= 11 is 0. The summed E-state index contributed by atoms with van der Waals surface area (Å²) in [6.45, 7) is 1.89. The molecule has 0 unspecified atom stereocenters. The summed E-state index contributed by atoms with van der Waals surface area (Å²) < 4.78 is 5.69. The van der Waals surface area contributed by atoms with Gasteiger partial charge >= 0.3 is 0 Å². The Morgan fingerprint density at radius 3 is 2.74 bits per heavy atom. The number of pyridine rings is 1. The highest BCUT2D eigenvalue weighted by Crippen LogP contribution is 2.26. The van der Waals surface area contributed by atoms with E-state index in [1.807, 2.05) is 61.5 Å². The molecule has 0 fully saturated rings. The van der Waals surface area contributed by atoms with Crippen LogP contribution in [0.3, 0.4) is 0 Å². The summed E-state index contributed by atoms with van der Waals surface area (Å²) in [6, 6.07) is 17.3. The molecule has 4 aromatic rings. The van der Waals surface area contributed by atoms with E-state index in [1.165, 1.54) is 0 Å². The van der Waals surface area contributed by atoms with Gasteiger partial charge in [-0.05, 0) is 25.1 Å². The average Bonchev–Trinajstić information content (AvgIpc) is 2.92. The summed E-state index contributed by atoms with van der Waals surface area (Å²) in [5.41, 5.74) is 3.10. The van der Waals surface area contributed by atoms with Crippen LogP contribution in [0.2, 0.25) is 0 Å². The molecule has 1 N–H and O–H groups in total. The zero-order valence-electron chi connectivity index (χ0n) is 12.5. The van der Waals surface area contributed by atoms with E-state index in [2.05, 4.69) is 10.3 Å². The number of furan rings is 1. The Bertz CT molecular complexity index is 1030. The standard InChI is InChI=1S/C19H14N2O2/c1-12-15-7-3-5-9-17(15)23-18(12)19(22)21-14-10-13-6-2-4-8-16(13)20-11-14/h2-11H,1H3,(H,21,22). The van der Waals surface area contributed by atoms with Crippen LogP contribution in [-0.2, 0) is 0 Å². The number of carbonyl (C=O) groups is 1. The summed E-state index contributed by atoms with van der Waals surface area (Å²) in [7, 11) is 0. The van der Waals surface area contributed by atoms with Crippen molar-refractivity contribution in [1.29, 1.82) is 0 Å². The highest BCUT2D eigenvalue weighted by molar-refractivity contribution is 6.06. The molecule has 4 heteroatoms. The number of carbonyl (C=O) groups excluding carboxylic acids is 1. The van der Waals surface area contributed by atoms with Crippen molar-refractivity contribution in [2.75, 3.05) is 5.32 Å². The number of nitrogens with zero attached hydrogens (tertiary/aromatic N) is 1. The van der Waals surface area contributed by atoms with Crippen LogP contribution in [0.15, 0.2) is 65.2 Å². The van der Waals surface area contributed by atoms with Crippen LogP contribution in [-0.4, -0.2) is 10.9 Å². The van der Waals surface area contributed by atoms with E-state index >= 15 is 0 Å². The largest absolute Gasteiger partial charge is 0.451 e. The quantitative estimate of drug-likeness (QED) is 0.591. The van der Waals surface area contributed by atoms with Crippen molar-refractivity contribution in [2.24, 2.45) is 0 Å². The van der Waals surface area contributed by atoms with E-state index in [1.54, 1.807) is 6.20 Å². The second kappa shape index (κ2) is 5.25. The van der Waals surface area contributed by atoms with Crippen LogP contribution in [0.5, 0.6) is 0 Å². The van der Waals surface area contributed by atoms with Gasteiger partial charge in [-0.15, -0.1) is 0 Å². The molecular formula is C19H14N2O2. The molecule has 2 heterocycles. The van der Waals surface area contributed by atoms with Crippen LogP contribution in [0, 0.1) is 6.92 Å². The Morgan fingerprint density at radius 1 is 1.09 bits per heavy atom. The number of hydrogen-bond donors (Lipinski definition) is 1. The smallest absolute Gasteiger partial charge is 0.291 e. The fraction of sp³-hybridized carbons (Fsp3) is 0.0526. The van der Waals surface area contributed by atoms with Gasteiger partial charge in [-0.2, -0.15) is 0 Å². The molecule has 0 saturated heterocycles. The molecule has 4 rings (SSSR count). The van der Waals surface area contributed by atoms with Gasteiger partial charge in [0.1, 0.15) is 5.58 Å². The number of nitrogens with one attached hydrogen (secondary N) is 1. The predicted octanol–water partition coefficient (Wildman–Crippen LogP) is 4.54. The second-order valence-corrected chi connectivity index (χ2v) is 5.42. The Morgan fingerprint density at radius 2 is 1.87 bits per heavy atom. The van der Waals surface area contributed by atoms with Crippen LogP contribution in [0.4, 0.5) is 5.69 Å². The topological polar surface area (TPSA) is 55.1 Å². The Balaban J connectivity index is 1.69. The van der Waals surface area contributed by atoms with Gasteiger partial charge < -0.3 is 9.73 Å².